The number of nitrogens with one attached hydrogen (secondary N) is 1. The summed E-state index contributed by atoms with van der Waals surface area (Å²) in [5.41, 5.74) is 5.83. The second-order valence-corrected chi connectivity index (χ2v) is 7.01. The van der Waals surface area contributed by atoms with E-state index in [1.165, 1.54) is 25.7 Å². The number of carbonyl (C=O) groups is 1. The van der Waals surface area contributed by atoms with Crippen LogP contribution in [0.4, 0.5) is 4.79 Å². The molecule has 0 aliphatic heterocycles. The maximum Gasteiger partial charge on any atom is 0.407 e. The molecule has 1 amide bonds. The summed E-state index contributed by atoms with van der Waals surface area (Å²) in [5.74, 6) is 1.33. The van der Waals surface area contributed by atoms with Crippen molar-refractivity contribution in [1.82, 2.24) is 5.32 Å². The van der Waals surface area contributed by atoms with Crippen molar-refractivity contribution >= 4 is 6.09 Å². The number of hydrogen-bond donors (Lipinski definition) is 2. The number of amides is 1. The molecule has 3 saturated carbocycles. The van der Waals surface area contributed by atoms with Gasteiger partial charge in [0.1, 0.15) is 5.60 Å². The van der Waals surface area contributed by atoms with Crippen LogP contribution in [0.1, 0.15) is 52.9 Å². The summed E-state index contributed by atoms with van der Waals surface area (Å²) in [6.45, 7) is 6.15. The molecular formula is C14H26N2O2. The molecule has 0 aromatic carbocycles. The van der Waals surface area contributed by atoms with Crippen molar-refractivity contribution in [3.05, 3.63) is 0 Å². The van der Waals surface area contributed by atoms with E-state index >= 15 is 0 Å². The molecule has 3 aliphatic rings. The Hall–Kier alpha value is -0.770. The Morgan fingerprint density at radius 2 is 1.94 bits per heavy atom. The third-order valence-corrected chi connectivity index (χ3v) is 4.29. The number of rotatable bonds is 2. The van der Waals surface area contributed by atoms with Gasteiger partial charge in [0.05, 0.1) is 0 Å². The lowest BCUT2D eigenvalue weighted by atomic mass is 9.61. The van der Waals surface area contributed by atoms with Crippen LogP contribution < -0.4 is 11.1 Å². The Morgan fingerprint density at radius 1 is 1.33 bits per heavy atom. The van der Waals surface area contributed by atoms with Crippen LogP contribution in [0.15, 0.2) is 0 Å². The smallest absolute Gasteiger partial charge is 0.407 e. The van der Waals surface area contributed by atoms with Crippen LogP contribution in [0.5, 0.6) is 0 Å². The van der Waals surface area contributed by atoms with Crippen molar-refractivity contribution in [3.8, 4) is 0 Å². The molecule has 0 spiro atoms. The second kappa shape index (κ2) is 4.72. The van der Waals surface area contributed by atoms with Gasteiger partial charge in [-0.2, -0.15) is 0 Å². The molecular weight excluding hydrogens is 228 g/mol. The molecule has 0 aromatic heterocycles. The Bertz CT molecular complexity index is 316. The van der Waals surface area contributed by atoms with E-state index < -0.39 is 5.60 Å². The summed E-state index contributed by atoms with van der Waals surface area (Å²) in [5, 5.41) is 2.85. The van der Waals surface area contributed by atoms with E-state index in [9.17, 15) is 4.79 Å². The number of fused-ring (bicyclic) bond motifs is 3. The van der Waals surface area contributed by atoms with Gasteiger partial charge in [-0.1, -0.05) is 12.8 Å². The Morgan fingerprint density at radius 3 is 2.39 bits per heavy atom. The minimum atomic E-state index is -0.447. The highest BCUT2D eigenvalue weighted by Crippen LogP contribution is 2.45. The molecule has 3 N–H and O–H groups in total. The number of ether oxygens (including phenoxy) is 1. The van der Waals surface area contributed by atoms with Gasteiger partial charge in [-0.15, -0.1) is 0 Å². The summed E-state index contributed by atoms with van der Waals surface area (Å²) < 4.78 is 5.25. The minimum Gasteiger partial charge on any atom is -0.444 e. The number of hydrogen-bond acceptors (Lipinski definition) is 3. The molecule has 1 unspecified atom stereocenters. The quantitative estimate of drug-likeness (QED) is 0.795. The molecule has 3 rings (SSSR count). The van der Waals surface area contributed by atoms with Crippen LogP contribution in [0.25, 0.3) is 0 Å². The van der Waals surface area contributed by atoms with Gasteiger partial charge < -0.3 is 15.8 Å². The van der Waals surface area contributed by atoms with Crippen LogP contribution in [0, 0.1) is 11.8 Å². The summed E-state index contributed by atoms with van der Waals surface area (Å²) in [4.78, 5) is 11.7. The largest absolute Gasteiger partial charge is 0.444 e. The van der Waals surface area contributed by atoms with Crippen molar-refractivity contribution in [2.75, 3.05) is 6.54 Å². The fourth-order valence-electron chi connectivity index (χ4n) is 3.41. The molecule has 2 bridgehead atoms. The van der Waals surface area contributed by atoms with Crippen LogP contribution >= 0.6 is 0 Å². The first kappa shape index (κ1) is 13.7. The zero-order chi connectivity index (χ0) is 13.4. The van der Waals surface area contributed by atoms with Crippen LogP contribution in [-0.4, -0.2) is 23.8 Å². The highest BCUT2D eigenvalue weighted by atomic mass is 16.6. The zero-order valence-corrected chi connectivity index (χ0v) is 11.8. The van der Waals surface area contributed by atoms with E-state index in [4.69, 9.17) is 10.5 Å². The van der Waals surface area contributed by atoms with E-state index in [0.717, 1.165) is 12.3 Å². The summed E-state index contributed by atoms with van der Waals surface area (Å²) in [7, 11) is 0. The standard InChI is InChI=1S/C14H26N2O2/c1-13(2,3)18-12(17)16-9-14(15)8-10-4-6-11(14)7-5-10/h10-11H,4-9,15H2,1-3H3,(H,16,17). The van der Waals surface area contributed by atoms with E-state index in [0.29, 0.717) is 12.5 Å². The number of nitrogens with two attached hydrogens (primary N) is 1. The van der Waals surface area contributed by atoms with Gasteiger partial charge in [-0.3, -0.25) is 0 Å². The Balaban J connectivity index is 1.84. The Kier molecular flexibility index (Phi) is 3.58. The van der Waals surface area contributed by atoms with Gasteiger partial charge in [0, 0.05) is 12.1 Å². The predicted octanol–water partition coefficient (Wildman–Crippen LogP) is 2.42. The highest BCUT2D eigenvalue weighted by molar-refractivity contribution is 5.67. The molecule has 0 saturated heterocycles. The van der Waals surface area contributed by atoms with Crippen molar-refractivity contribution in [1.29, 1.82) is 0 Å². The lowest BCUT2D eigenvalue weighted by molar-refractivity contribution is 0.0406. The first-order chi connectivity index (χ1) is 8.28. The molecule has 0 radical (unpaired) electrons. The Labute approximate surface area is 110 Å². The van der Waals surface area contributed by atoms with Gasteiger partial charge in [-0.05, 0) is 51.9 Å². The monoisotopic (exact) mass is 254 g/mol. The molecule has 104 valence electrons. The first-order valence-electron chi connectivity index (χ1n) is 7.04. The summed E-state index contributed by atoms with van der Waals surface area (Å²) >= 11 is 0. The van der Waals surface area contributed by atoms with Gasteiger partial charge in [0.15, 0.2) is 0 Å². The van der Waals surface area contributed by atoms with Crippen LogP contribution in [0.2, 0.25) is 0 Å². The molecule has 0 heterocycles. The maximum atomic E-state index is 11.7. The number of carbonyl (C=O) groups excluding carboxylic acids is 1. The lowest BCUT2D eigenvalue weighted by Gasteiger charge is -2.49. The maximum absolute atomic E-state index is 11.7. The first-order valence-corrected chi connectivity index (χ1v) is 7.04. The average Bonchev–Trinajstić information content (AvgIpc) is 2.26. The SMILES string of the molecule is CC(C)(C)OC(=O)NCC1(N)CC2CCC1CC2. The molecule has 18 heavy (non-hydrogen) atoms. The molecule has 3 aliphatic carbocycles. The molecule has 0 aromatic rings. The molecule has 1 atom stereocenters. The highest BCUT2D eigenvalue weighted by Gasteiger charge is 2.44. The van der Waals surface area contributed by atoms with Gasteiger partial charge in [-0.25, -0.2) is 4.79 Å². The van der Waals surface area contributed by atoms with Gasteiger partial charge in [0.2, 0.25) is 0 Å². The predicted molar refractivity (Wildman–Crippen MR) is 71.2 cm³/mol. The molecule has 3 fully saturated rings. The number of alkyl carbamates (subject to hydrolysis) is 1. The van der Waals surface area contributed by atoms with Gasteiger partial charge in [0.25, 0.3) is 0 Å². The third kappa shape index (κ3) is 3.16. The normalized spacial score (nSPS) is 35.3. The zero-order valence-electron chi connectivity index (χ0n) is 11.8. The van der Waals surface area contributed by atoms with Crippen LogP contribution in [0.3, 0.4) is 0 Å². The fraction of sp³-hybridized carbons (Fsp3) is 0.929. The van der Waals surface area contributed by atoms with Crippen molar-refractivity contribution < 1.29 is 9.53 Å². The van der Waals surface area contributed by atoms with Gasteiger partial charge >= 0.3 is 6.09 Å². The van der Waals surface area contributed by atoms with E-state index in [1.807, 2.05) is 20.8 Å². The van der Waals surface area contributed by atoms with E-state index in [2.05, 4.69) is 5.32 Å². The topological polar surface area (TPSA) is 64.3 Å². The molecule has 4 nitrogen and oxygen atoms in total. The fourth-order valence-corrected chi connectivity index (χ4v) is 3.41. The lowest BCUT2D eigenvalue weighted by Crippen LogP contribution is -2.60. The van der Waals surface area contributed by atoms with Crippen molar-refractivity contribution in [3.63, 3.8) is 0 Å². The van der Waals surface area contributed by atoms with E-state index in [-0.39, 0.29) is 11.6 Å². The van der Waals surface area contributed by atoms with E-state index in [1.54, 1.807) is 0 Å². The third-order valence-electron chi connectivity index (χ3n) is 4.29. The molecule has 4 heteroatoms. The summed E-state index contributed by atoms with van der Waals surface area (Å²) in [6.07, 6.45) is 5.77. The summed E-state index contributed by atoms with van der Waals surface area (Å²) in [6, 6.07) is 0. The second-order valence-electron chi connectivity index (χ2n) is 7.01. The average molecular weight is 254 g/mol. The van der Waals surface area contributed by atoms with Crippen molar-refractivity contribution in [2.45, 2.75) is 64.0 Å². The minimum absolute atomic E-state index is 0.210. The van der Waals surface area contributed by atoms with Crippen LogP contribution in [-0.2, 0) is 4.74 Å². The van der Waals surface area contributed by atoms with Crippen molar-refractivity contribution in [2.24, 2.45) is 17.6 Å².